The molecule has 1 aromatic carbocycles. The first-order valence-electron chi connectivity index (χ1n) is 6.59. The van der Waals surface area contributed by atoms with Gasteiger partial charge in [-0.2, -0.15) is 0 Å². The Morgan fingerprint density at radius 3 is 3.00 bits per heavy atom. The third-order valence-electron chi connectivity index (χ3n) is 4.10. The average molecular weight is 373 g/mol. The van der Waals surface area contributed by atoms with Crippen molar-refractivity contribution in [2.24, 2.45) is 0 Å². The van der Waals surface area contributed by atoms with Gasteiger partial charge in [0.15, 0.2) is 0 Å². The Kier molecular flexibility index (Phi) is 3.62. The SMILES string of the molecule is O=[N+]([O-])c1cc(I)ccc1NC1CCN2CCCC12. The van der Waals surface area contributed by atoms with E-state index in [1.54, 1.807) is 6.07 Å². The molecule has 0 spiro atoms. The molecule has 19 heavy (non-hydrogen) atoms. The number of nitrogens with one attached hydrogen (secondary N) is 1. The quantitative estimate of drug-likeness (QED) is 0.503. The predicted octanol–water partition coefficient (Wildman–Crippen LogP) is 2.85. The molecule has 3 rings (SSSR count). The molecule has 2 aliphatic rings. The zero-order chi connectivity index (χ0) is 13.4. The molecule has 0 bridgehead atoms. The summed E-state index contributed by atoms with van der Waals surface area (Å²) in [5, 5.41) is 14.5. The molecule has 0 saturated carbocycles. The molecule has 0 aliphatic carbocycles. The van der Waals surface area contributed by atoms with Crippen molar-refractivity contribution in [1.82, 2.24) is 4.90 Å². The number of nitrogens with zero attached hydrogens (tertiary/aromatic N) is 2. The molecule has 102 valence electrons. The lowest BCUT2D eigenvalue weighted by atomic mass is 10.1. The van der Waals surface area contributed by atoms with E-state index in [2.05, 4.69) is 32.8 Å². The van der Waals surface area contributed by atoms with E-state index < -0.39 is 0 Å². The number of nitro groups is 1. The summed E-state index contributed by atoms with van der Waals surface area (Å²) in [7, 11) is 0. The van der Waals surface area contributed by atoms with Crippen LogP contribution in [0, 0.1) is 13.7 Å². The Labute approximate surface area is 125 Å². The van der Waals surface area contributed by atoms with Crippen molar-refractivity contribution < 1.29 is 4.92 Å². The summed E-state index contributed by atoms with van der Waals surface area (Å²) in [5.41, 5.74) is 0.840. The van der Waals surface area contributed by atoms with Gasteiger partial charge in [0, 0.05) is 28.3 Å². The third-order valence-corrected chi connectivity index (χ3v) is 4.77. The van der Waals surface area contributed by atoms with Crippen LogP contribution in [0.2, 0.25) is 0 Å². The molecule has 5 nitrogen and oxygen atoms in total. The first kappa shape index (κ1) is 13.1. The van der Waals surface area contributed by atoms with E-state index >= 15 is 0 Å². The van der Waals surface area contributed by atoms with Gasteiger partial charge in [-0.15, -0.1) is 0 Å². The van der Waals surface area contributed by atoms with Gasteiger partial charge in [0.05, 0.1) is 4.92 Å². The minimum Gasteiger partial charge on any atom is -0.375 e. The minimum atomic E-state index is -0.300. The number of anilines is 1. The van der Waals surface area contributed by atoms with Gasteiger partial charge in [0.2, 0.25) is 0 Å². The molecule has 2 heterocycles. The van der Waals surface area contributed by atoms with Gasteiger partial charge < -0.3 is 5.32 Å². The Hall–Kier alpha value is -0.890. The first-order chi connectivity index (χ1) is 9.15. The number of halogens is 1. The van der Waals surface area contributed by atoms with Gasteiger partial charge in [0.1, 0.15) is 5.69 Å². The van der Waals surface area contributed by atoms with Crippen LogP contribution in [-0.4, -0.2) is 35.0 Å². The summed E-state index contributed by atoms with van der Waals surface area (Å²) < 4.78 is 0.892. The van der Waals surface area contributed by atoms with Gasteiger partial charge in [-0.1, -0.05) is 0 Å². The van der Waals surface area contributed by atoms with Crippen molar-refractivity contribution in [1.29, 1.82) is 0 Å². The summed E-state index contributed by atoms with van der Waals surface area (Å²) in [6.07, 6.45) is 3.53. The van der Waals surface area contributed by atoms with Crippen LogP contribution < -0.4 is 5.32 Å². The summed E-state index contributed by atoms with van der Waals surface area (Å²) in [6, 6.07) is 6.28. The molecule has 2 unspecified atom stereocenters. The molecular formula is C13H16IN3O2. The zero-order valence-corrected chi connectivity index (χ0v) is 12.7. The Morgan fingerprint density at radius 1 is 1.37 bits per heavy atom. The molecule has 0 amide bonds. The van der Waals surface area contributed by atoms with E-state index in [4.69, 9.17) is 0 Å². The van der Waals surface area contributed by atoms with Crippen LogP contribution in [0.4, 0.5) is 11.4 Å². The van der Waals surface area contributed by atoms with Crippen molar-refractivity contribution in [2.45, 2.75) is 31.3 Å². The van der Waals surface area contributed by atoms with E-state index in [-0.39, 0.29) is 10.6 Å². The molecule has 0 radical (unpaired) electrons. The van der Waals surface area contributed by atoms with Crippen LogP contribution in [0.1, 0.15) is 19.3 Å². The van der Waals surface area contributed by atoms with Crippen molar-refractivity contribution in [3.8, 4) is 0 Å². The van der Waals surface area contributed by atoms with Crippen LogP contribution in [0.25, 0.3) is 0 Å². The van der Waals surface area contributed by atoms with Crippen LogP contribution in [0.15, 0.2) is 18.2 Å². The number of rotatable bonds is 3. The Balaban J connectivity index is 1.81. The van der Waals surface area contributed by atoms with E-state index in [9.17, 15) is 10.1 Å². The fraction of sp³-hybridized carbons (Fsp3) is 0.538. The number of benzene rings is 1. The van der Waals surface area contributed by atoms with Gasteiger partial charge in [-0.3, -0.25) is 15.0 Å². The summed E-state index contributed by atoms with van der Waals surface area (Å²) in [4.78, 5) is 13.3. The van der Waals surface area contributed by atoms with E-state index in [1.165, 1.54) is 19.4 Å². The van der Waals surface area contributed by atoms with Crippen molar-refractivity contribution in [3.63, 3.8) is 0 Å². The van der Waals surface area contributed by atoms with E-state index in [0.29, 0.717) is 17.8 Å². The fourth-order valence-electron chi connectivity index (χ4n) is 3.23. The maximum absolute atomic E-state index is 11.1. The monoisotopic (exact) mass is 373 g/mol. The first-order valence-corrected chi connectivity index (χ1v) is 7.67. The topological polar surface area (TPSA) is 58.4 Å². The summed E-state index contributed by atoms with van der Waals surface area (Å²) >= 11 is 2.10. The Morgan fingerprint density at radius 2 is 2.21 bits per heavy atom. The molecule has 1 N–H and O–H groups in total. The Bertz CT molecular complexity index is 509. The molecule has 2 atom stereocenters. The number of hydrogen-bond donors (Lipinski definition) is 1. The van der Waals surface area contributed by atoms with Gasteiger partial charge >= 0.3 is 0 Å². The molecule has 2 saturated heterocycles. The number of nitro benzene ring substituents is 1. The average Bonchev–Trinajstić information content (AvgIpc) is 2.96. The molecule has 0 aromatic heterocycles. The molecule has 2 aliphatic heterocycles. The second-order valence-electron chi connectivity index (χ2n) is 5.20. The van der Waals surface area contributed by atoms with Gasteiger partial charge in [-0.25, -0.2) is 0 Å². The predicted molar refractivity (Wildman–Crippen MR) is 82.4 cm³/mol. The minimum absolute atomic E-state index is 0.184. The highest BCUT2D eigenvalue weighted by Gasteiger charge is 2.37. The normalized spacial score (nSPS) is 26.4. The smallest absolute Gasteiger partial charge is 0.293 e. The molecular weight excluding hydrogens is 357 g/mol. The van der Waals surface area contributed by atoms with Crippen LogP contribution >= 0.6 is 22.6 Å². The van der Waals surface area contributed by atoms with E-state index in [1.807, 2.05) is 12.1 Å². The summed E-state index contributed by atoms with van der Waals surface area (Å²) in [6.45, 7) is 2.29. The fourth-order valence-corrected chi connectivity index (χ4v) is 3.70. The molecule has 2 fully saturated rings. The lowest BCUT2D eigenvalue weighted by molar-refractivity contribution is -0.384. The molecule has 6 heteroatoms. The third kappa shape index (κ3) is 2.55. The van der Waals surface area contributed by atoms with Crippen molar-refractivity contribution in [3.05, 3.63) is 31.9 Å². The van der Waals surface area contributed by atoms with Crippen LogP contribution in [-0.2, 0) is 0 Å². The highest BCUT2D eigenvalue weighted by atomic mass is 127. The summed E-state index contributed by atoms with van der Waals surface area (Å²) in [5.74, 6) is 0. The number of hydrogen-bond acceptors (Lipinski definition) is 4. The second kappa shape index (κ2) is 5.24. The standard InChI is InChI=1S/C13H16IN3O2/c14-9-3-4-10(13(8-9)17(18)19)15-11-5-7-16-6-1-2-12(11)16/h3-4,8,11-12,15H,1-2,5-7H2. The van der Waals surface area contributed by atoms with E-state index in [0.717, 1.165) is 16.5 Å². The highest BCUT2D eigenvalue weighted by molar-refractivity contribution is 14.1. The van der Waals surface area contributed by atoms with Crippen molar-refractivity contribution in [2.75, 3.05) is 18.4 Å². The lowest BCUT2D eigenvalue weighted by Crippen LogP contribution is -2.33. The largest absolute Gasteiger partial charge is 0.375 e. The van der Waals surface area contributed by atoms with Crippen LogP contribution in [0.3, 0.4) is 0 Å². The number of fused-ring (bicyclic) bond motifs is 1. The maximum Gasteiger partial charge on any atom is 0.293 e. The van der Waals surface area contributed by atoms with Gasteiger partial charge in [0.25, 0.3) is 5.69 Å². The zero-order valence-electron chi connectivity index (χ0n) is 10.5. The molecule has 1 aromatic rings. The lowest BCUT2D eigenvalue weighted by Gasteiger charge is -2.22. The van der Waals surface area contributed by atoms with Gasteiger partial charge in [-0.05, 0) is 60.5 Å². The second-order valence-corrected chi connectivity index (χ2v) is 6.45. The highest BCUT2D eigenvalue weighted by Crippen LogP contribution is 2.33. The van der Waals surface area contributed by atoms with Crippen LogP contribution in [0.5, 0.6) is 0 Å². The van der Waals surface area contributed by atoms with Crippen molar-refractivity contribution >= 4 is 34.0 Å². The maximum atomic E-state index is 11.1.